The number of fused-ring (bicyclic) bond motifs is 1. The van der Waals surface area contributed by atoms with E-state index >= 15 is 0 Å². The van der Waals surface area contributed by atoms with Crippen LogP contribution in [-0.4, -0.2) is 51.0 Å². The maximum absolute atomic E-state index is 6.02. The second-order valence-electron chi connectivity index (χ2n) is 9.09. The molecule has 1 aromatic carbocycles. The van der Waals surface area contributed by atoms with Crippen molar-refractivity contribution in [3.63, 3.8) is 0 Å². The predicted octanol–water partition coefficient (Wildman–Crippen LogP) is 5.87. The van der Waals surface area contributed by atoms with Gasteiger partial charge >= 0.3 is 0 Å². The minimum Gasteiger partial charge on any atom is -0.493 e. The van der Waals surface area contributed by atoms with E-state index < -0.39 is 0 Å². The van der Waals surface area contributed by atoms with E-state index in [0.29, 0.717) is 29.7 Å². The molecule has 8 heteroatoms. The lowest BCUT2D eigenvalue weighted by Gasteiger charge is -2.24. The van der Waals surface area contributed by atoms with Gasteiger partial charge in [-0.2, -0.15) is 0 Å². The number of rotatable bonds is 12. The summed E-state index contributed by atoms with van der Waals surface area (Å²) in [7, 11) is 0. The van der Waals surface area contributed by atoms with E-state index in [9.17, 15) is 0 Å². The van der Waals surface area contributed by atoms with Gasteiger partial charge in [-0.05, 0) is 57.4 Å². The van der Waals surface area contributed by atoms with Crippen molar-refractivity contribution >= 4 is 22.9 Å². The number of pyridine rings is 1. The summed E-state index contributed by atoms with van der Waals surface area (Å²) in [6.07, 6.45) is 5.57. The topological polar surface area (TPSA) is 80.8 Å². The van der Waals surface area contributed by atoms with Gasteiger partial charge in [0, 0.05) is 18.7 Å². The Morgan fingerprint density at radius 1 is 0.917 bits per heavy atom. The fraction of sp³-hybridized carbons (Fsp3) is 0.464. The van der Waals surface area contributed by atoms with Crippen molar-refractivity contribution in [2.45, 2.75) is 66.7 Å². The monoisotopic (exact) mass is 487 g/mol. The molecule has 1 aliphatic heterocycles. The molecule has 36 heavy (non-hydrogen) atoms. The van der Waals surface area contributed by atoms with Crippen LogP contribution in [0.15, 0.2) is 46.5 Å². The maximum Gasteiger partial charge on any atom is 0.204 e. The summed E-state index contributed by atoms with van der Waals surface area (Å²) < 4.78 is 6.02. The Hall–Kier alpha value is -3.55. The number of hydrogen-bond donors (Lipinski definition) is 0. The van der Waals surface area contributed by atoms with Crippen LogP contribution in [0.3, 0.4) is 0 Å². The summed E-state index contributed by atoms with van der Waals surface area (Å²) in [4.78, 5) is 18.6. The van der Waals surface area contributed by atoms with Gasteiger partial charge in [0.15, 0.2) is 5.82 Å². The molecule has 8 nitrogen and oxygen atoms in total. The molecule has 0 amide bonds. The molecular weight excluding hydrogens is 450 g/mol. The first-order chi connectivity index (χ1) is 17.5. The van der Waals surface area contributed by atoms with Gasteiger partial charge in [0.2, 0.25) is 5.82 Å². The Morgan fingerprint density at radius 2 is 1.67 bits per heavy atom. The summed E-state index contributed by atoms with van der Waals surface area (Å²) in [5.74, 6) is 3.07. The Labute approximate surface area is 214 Å². The van der Waals surface area contributed by atoms with Gasteiger partial charge in [0.1, 0.15) is 23.0 Å². The highest BCUT2D eigenvalue weighted by atomic mass is 16.5. The largest absolute Gasteiger partial charge is 0.493 e. The molecule has 0 unspecified atom stereocenters. The van der Waals surface area contributed by atoms with Crippen LogP contribution in [0.2, 0.25) is 0 Å². The predicted molar refractivity (Wildman–Crippen MR) is 146 cm³/mol. The summed E-state index contributed by atoms with van der Waals surface area (Å²) in [6, 6.07) is 12.1. The van der Waals surface area contributed by atoms with E-state index in [1.807, 2.05) is 38.1 Å². The van der Waals surface area contributed by atoms with E-state index in [1.54, 1.807) is 4.79 Å². The lowest BCUT2D eigenvalue weighted by atomic mass is 10.0. The zero-order chi connectivity index (χ0) is 25.5. The molecule has 0 fully saturated rings. The molecule has 4 rings (SSSR count). The van der Waals surface area contributed by atoms with Gasteiger partial charge < -0.3 is 9.64 Å². The van der Waals surface area contributed by atoms with Crippen molar-refractivity contribution in [2.75, 3.05) is 24.6 Å². The maximum atomic E-state index is 6.02. The Balaban J connectivity index is 1.72. The minimum absolute atomic E-state index is 0.629. The molecule has 0 spiro atoms. The average Bonchev–Trinajstić information content (AvgIpc) is 3.40. The van der Waals surface area contributed by atoms with Crippen LogP contribution >= 0.6 is 0 Å². The highest BCUT2D eigenvalue weighted by Gasteiger charge is 2.30. The van der Waals surface area contributed by atoms with Gasteiger partial charge in [0.05, 0.1) is 18.0 Å². The van der Waals surface area contributed by atoms with Crippen molar-refractivity contribution in [3.8, 4) is 5.75 Å². The average molecular weight is 488 g/mol. The zero-order valence-corrected chi connectivity index (χ0v) is 22.2. The number of aliphatic imine (C=N–C) groups is 1. The minimum atomic E-state index is 0.629. The lowest BCUT2D eigenvalue weighted by molar-refractivity contribution is 0.317. The molecule has 0 N–H and O–H groups in total. The first-order valence-electron chi connectivity index (χ1n) is 13.1. The number of hydrogen-bond acceptors (Lipinski definition) is 7. The highest BCUT2D eigenvalue weighted by molar-refractivity contribution is 6.54. The third kappa shape index (κ3) is 5.64. The van der Waals surface area contributed by atoms with E-state index in [4.69, 9.17) is 19.8 Å². The number of benzene rings is 1. The Bertz CT molecular complexity index is 1240. The number of ether oxygens (including phenoxy) is 1. The number of para-hydroxylation sites is 1. The van der Waals surface area contributed by atoms with Crippen molar-refractivity contribution < 1.29 is 4.74 Å². The zero-order valence-electron chi connectivity index (χ0n) is 22.2. The third-order valence-corrected chi connectivity index (χ3v) is 6.09. The van der Waals surface area contributed by atoms with Crippen LogP contribution in [0.25, 0.3) is 0 Å². The van der Waals surface area contributed by atoms with Crippen LogP contribution in [0.1, 0.15) is 75.8 Å². The molecule has 3 heterocycles. The van der Waals surface area contributed by atoms with Crippen molar-refractivity contribution in [1.29, 1.82) is 0 Å². The molecule has 0 atom stereocenters. The van der Waals surface area contributed by atoms with E-state index in [2.05, 4.69) is 47.9 Å². The van der Waals surface area contributed by atoms with Crippen molar-refractivity contribution in [3.05, 3.63) is 59.3 Å². The first-order valence-corrected chi connectivity index (χ1v) is 13.1. The third-order valence-electron chi connectivity index (χ3n) is 6.09. The highest BCUT2D eigenvalue weighted by Crippen LogP contribution is 2.28. The number of nitrogens with zero attached hydrogens (tertiary/aromatic N) is 7. The fourth-order valence-electron chi connectivity index (χ4n) is 4.15. The quantitative estimate of drug-likeness (QED) is 0.319. The second kappa shape index (κ2) is 11.9. The van der Waals surface area contributed by atoms with Crippen molar-refractivity contribution in [2.24, 2.45) is 10.1 Å². The smallest absolute Gasteiger partial charge is 0.204 e. The molecule has 190 valence electrons. The van der Waals surface area contributed by atoms with Crippen LogP contribution in [-0.2, 0) is 0 Å². The molecule has 0 saturated carbocycles. The SMILES string of the molecule is CCCCN(CCCC)c1ccc(/N=C2/C(c3ccccc3OCCC)=Nn3nc(C)nc32)c(C)n1. The standard InChI is InChI=1S/C28H37N7O/c1-6-9-17-34(18-10-7-2)25-16-15-23(20(4)29-25)31-27-26(33-35-28(27)30-21(5)32-35)22-13-11-12-14-24(22)36-19-8-3/h11-16H,6-10,17-19H2,1-5H3/b31-27-. The number of aryl methyl sites for hydroxylation is 2. The molecule has 3 aromatic rings. The van der Waals surface area contributed by atoms with Crippen LogP contribution < -0.4 is 9.64 Å². The number of unbranched alkanes of at least 4 members (excludes halogenated alkanes) is 2. The van der Waals surface area contributed by atoms with Crippen LogP contribution in [0.5, 0.6) is 5.75 Å². The van der Waals surface area contributed by atoms with Gasteiger partial charge in [-0.25, -0.2) is 15.0 Å². The number of anilines is 1. The van der Waals surface area contributed by atoms with E-state index in [-0.39, 0.29) is 0 Å². The first kappa shape index (κ1) is 25.5. The molecule has 1 aliphatic rings. The lowest BCUT2D eigenvalue weighted by Crippen LogP contribution is -2.26. The summed E-state index contributed by atoms with van der Waals surface area (Å²) >= 11 is 0. The molecule has 0 saturated heterocycles. The van der Waals surface area contributed by atoms with E-state index in [1.165, 1.54) is 12.8 Å². The molecule has 2 aromatic heterocycles. The second-order valence-corrected chi connectivity index (χ2v) is 9.09. The normalized spacial score (nSPS) is 13.7. The van der Waals surface area contributed by atoms with Crippen LogP contribution in [0.4, 0.5) is 11.5 Å². The van der Waals surface area contributed by atoms with Gasteiger partial charge in [-0.3, -0.25) is 0 Å². The molecule has 0 aliphatic carbocycles. The van der Waals surface area contributed by atoms with Crippen molar-refractivity contribution in [1.82, 2.24) is 19.9 Å². The summed E-state index contributed by atoms with van der Waals surface area (Å²) in [6.45, 7) is 13.1. The van der Waals surface area contributed by atoms with Gasteiger partial charge in [-0.1, -0.05) is 45.7 Å². The van der Waals surface area contributed by atoms with Gasteiger partial charge in [0.25, 0.3) is 0 Å². The number of aromatic nitrogens is 4. The fourth-order valence-corrected chi connectivity index (χ4v) is 4.15. The Kier molecular flexibility index (Phi) is 8.46. The Morgan fingerprint density at radius 3 is 2.36 bits per heavy atom. The van der Waals surface area contributed by atoms with Crippen LogP contribution in [0, 0.1) is 13.8 Å². The summed E-state index contributed by atoms with van der Waals surface area (Å²) in [5.41, 5.74) is 3.93. The molecule has 0 bridgehead atoms. The van der Waals surface area contributed by atoms with Gasteiger partial charge in [-0.15, -0.1) is 15.0 Å². The molecule has 0 radical (unpaired) electrons. The molecular formula is C28H37N7O. The van der Waals surface area contributed by atoms with E-state index in [0.717, 1.165) is 60.9 Å². The summed E-state index contributed by atoms with van der Waals surface area (Å²) in [5, 5.41) is 9.19.